The molecule has 0 fully saturated rings. The van der Waals surface area contributed by atoms with Gasteiger partial charge in [0.2, 0.25) is 0 Å². The lowest BCUT2D eigenvalue weighted by molar-refractivity contribution is 0.345. The van der Waals surface area contributed by atoms with Crippen molar-refractivity contribution in [2.45, 2.75) is 234 Å². The molecule has 4 nitrogen and oxygen atoms in total. The van der Waals surface area contributed by atoms with Crippen LogP contribution in [0.5, 0.6) is 23.0 Å². The van der Waals surface area contributed by atoms with Crippen molar-refractivity contribution in [2.75, 3.05) is 0 Å². The first-order valence-electron chi connectivity index (χ1n) is 23.8. The Morgan fingerprint density at radius 1 is 0.203 bits per heavy atom. The van der Waals surface area contributed by atoms with E-state index in [1.165, 1.54) is 0 Å². The Balaban J connectivity index is 2.67. The summed E-state index contributed by atoms with van der Waals surface area (Å²) < 4.78 is 0. The van der Waals surface area contributed by atoms with E-state index < -0.39 is 54.1 Å². The lowest BCUT2D eigenvalue weighted by atomic mass is 9.51. The van der Waals surface area contributed by atoms with Crippen molar-refractivity contribution in [3.05, 3.63) is 115 Å². The molecule has 0 aromatic heterocycles. The predicted molar refractivity (Wildman–Crippen MR) is 275 cm³/mol. The van der Waals surface area contributed by atoms with Crippen LogP contribution in [0.3, 0.4) is 0 Å². The standard InChI is InChI=1S/C60H90O4/c1-51(2,3)39-27-35(28-40(47(39)61)52(4,5)6)59(25,36-29-41(53(7,8)9)48(62)42(30-36)54(10,11)12)60(26,37-31-43(55(13,14)15)49(63)44(32-37)56(16,17)18)38-33-45(57(19,20)21)50(64)46(34-38)58(22,23)24/h27-34,61-64H,1-26H3. The number of hydrogen-bond donors (Lipinski definition) is 4. The maximum atomic E-state index is 12.4. The molecule has 4 rings (SSSR count). The van der Waals surface area contributed by atoms with Gasteiger partial charge in [0.25, 0.3) is 0 Å². The third-order valence-corrected chi connectivity index (χ3v) is 14.2. The maximum absolute atomic E-state index is 12.4. The Morgan fingerprint density at radius 3 is 0.375 bits per heavy atom. The predicted octanol–water partition coefficient (Wildman–Crippen LogP) is 16.2. The number of rotatable bonds is 5. The molecule has 0 heterocycles. The first-order chi connectivity index (χ1) is 28.2. The highest BCUT2D eigenvalue weighted by Crippen LogP contribution is 2.59. The first kappa shape index (κ1) is 52.7. The lowest BCUT2D eigenvalue weighted by Gasteiger charge is -2.51. The number of aromatic hydroxyl groups is 4. The molecule has 0 saturated carbocycles. The molecule has 0 amide bonds. The van der Waals surface area contributed by atoms with Gasteiger partial charge in [-0.15, -0.1) is 0 Å². The average molecular weight is 875 g/mol. The Bertz CT molecular complexity index is 1920. The highest BCUT2D eigenvalue weighted by atomic mass is 16.3. The fourth-order valence-electron chi connectivity index (χ4n) is 9.75. The van der Waals surface area contributed by atoms with Gasteiger partial charge in [-0.1, -0.05) is 229 Å². The first-order valence-corrected chi connectivity index (χ1v) is 23.8. The van der Waals surface area contributed by atoms with E-state index >= 15 is 0 Å². The molecule has 0 spiro atoms. The van der Waals surface area contributed by atoms with Crippen molar-refractivity contribution in [1.29, 1.82) is 0 Å². The summed E-state index contributed by atoms with van der Waals surface area (Å²) in [5.41, 5.74) is 5.71. The normalized spacial score (nSPS) is 14.3. The van der Waals surface area contributed by atoms with Gasteiger partial charge >= 0.3 is 0 Å². The number of phenols is 4. The molecule has 0 atom stereocenters. The summed E-state index contributed by atoms with van der Waals surface area (Å²) in [5, 5.41) is 49.5. The van der Waals surface area contributed by atoms with Gasteiger partial charge in [-0.05, 0) is 110 Å². The fraction of sp³-hybridized carbons (Fsp3) is 0.600. The zero-order valence-corrected chi connectivity index (χ0v) is 45.4. The van der Waals surface area contributed by atoms with Crippen LogP contribution in [0.25, 0.3) is 0 Å². The van der Waals surface area contributed by atoms with Crippen LogP contribution in [0, 0.1) is 0 Å². The quantitative estimate of drug-likeness (QED) is 0.161. The molecule has 4 heteroatoms. The van der Waals surface area contributed by atoms with Crippen molar-refractivity contribution < 1.29 is 20.4 Å². The van der Waals surface area contributed by atoms with Crippen molar-refractivity contribution in [2.24, 2.45) is 0 Å². The minimum Gasteiger partial charge on any atom is -0.507 e. The minimum absolute atomic E-state index is 0.314. The topological polar surface area (TPSA) is 80.9 Å². The van der Waals surface area contributed by atoms with E-state index in [-0.39, 0.29) is 0 Å². The number of phenolic OH excluding ortho intramolecular Hbond substituents is 4. The van der Waals surface area contributed by atoms with Gasteiger partial charge in [0.15, 0.2) is 0 Å². The second-order valence-corrected chi connectivity index (χ2v) is 27.9. The van der Waals surface area contributed by atoms with Gasteiger partial charge in [0.1, 0.15) is 23.0 Å². The molecular weight excluding hydrogens is 785 g/mol. The maximum Gasteiger partial charge on any atom is 0.123 e. The fourth-order valence-corrected chi connectivity index (χ4v) is 9.75. The summed E-state index contributed by atoms with van der Waals surface area (Å²) in [6.07, 6.45) is 0. The lowest BCUT2D eigenvalue weighted by Crippen LogP contribution is -2.48. The molecule has 0 unspecified atom stereocenters. The van der Waals surface area contributed by atoms with E-state index in [4.69, 9.17) is 0 Å². The zero-order chi connectivity index (χ0) is 49.9. The molecule has 0 aliphatic heterocycles. The summed E-state index contributed by atoms with van der Waals surface area (Å²) in [6.45, 7) is 56.8. The summed E-state index contributed by atoms with van der Waals surface area (Å²) in [7, 11) is 0. The summed E-state index contributed by atoms with van der Waals surface area (Å²) in [6, 6.07) is 18.0. The molecule has 0 aliphatic carbocycles. The van der Waals surface area contributed by atoms with Crippen LogP contribution in [-0.2, 0) is 54.1 Å². The number of benzene rings is 4. The zero-order valence-electron chi connectivity index (χ0n) is 45.4. The molecule has 0 bridgehead atoms. The Morgan fingerprint density at radius 2 is 0.297 bits per heavy atom. The van der Waals surface area contributed by atoms with E-state index in [0.717, 1.165) is 66.8 Å². The van der Waals surface area contributed by atoms with Crippen LogP contribution in [0.2, 0.25) is 0 Å². The second-order valence-electron chi connectivity index (χ2n) is 27.9. The molecule has 0 saturated heterocycles. The Hall–Kier alpha value is -3.92. The van der Waals surface area contributed by atoms with Crippen LogP contribution in [0.15, 0.2) is 48.5 Å². The van der Waals surface area contributed by atoms with Gasteiger partial charge in [0.05, 0.1) is 0 Å². The van der Waals surface area contributed by atoms with E-state index in [1.807, 2.05) is 0 Å². The van der Waals surface area contributed by atoms with Crippen LogP contribution in [-0.4, -0.2) is 20.4 Å². The Labute approximate surface area is 391 Å². The van der Waals surface area contributed by atoms with Crippen molar-refractivity contribution in [1.82, 2.24) is 0 Å². The average Bonchev–Trinajstić information content (AvgIpc) is 3.07. The molecule has 0 radical (unpaired) electrons. The molecule has 64 heavy (non-hydrogen) atoms. The highest BCUT2D eigenvalue weighted by molar-refractivity contribution is 5.65. The van der Waals surface area contributed by atoms with Crippen LogP contribution >= 0.6 is 0 Å². The highest BCUT2D eigenvalue weighted by Gasteiger charge is 2.53. The smallest absolute Gasteiger partial charge is 0.123 e. The second kappa shape index (κ2) is 15.9. The van der Waals surface area contributed by atoms with Crippen molar-refractivity contribution in [3.8, 4) is 23.0 Å². The van der Waals surface area contributed by atoms with Gasteiger partial charge in [0, 0.05) is 10.8 Å². The van der Waals surface area contributed by atoms with Crippen LogP contribution in [0.4, 0.5) is 0 Å². The number of hydrogen-bond acceptors (Lipinski definition) is 4. The summed E-state index contributed by atoms with van der Waals surface area (Å²) >= 11 is 0. The third-order valence-electron chi connectivity index (χ3n) is 14.2. The van der Waals surface area contributed by atoms with Gasteiger partial charge < -0.3 is 20.4 Å². The van der Waals surface area contributed by atoms with Gasteiger partial charge in [-0.25, -0.2) is 0 Å². The SMILES string of the molecule is CC(C)(C)c1cc(C(C)(c2cc(C(C)(C)C)c(O)c(C(C)(C)C)c2)C(C)(c2cc(C(C)(C)C)c(O)c(C(C)(C)C)c2)c2cc(C(C)(C)C)c(O)c(C(C)(C)C)c2)cc(C(C)(C)C)c1O. The largest absolute Gasteiger partial charge is 0.507 e. The summed E-state index contributed by atoms with van der Waals surface area (Å²) in [4.78, 5) is 0. The minimum atomic E-state index is -0.961. The Kier molecular flexibility index (Phi) is 13.1. The third kappa shape index (κ3) is 9.51. The van der Waals surface area contributed by atoms with E-state index in [0.29, 0.717) is 23.0 Å². The molecule has 4 N–H and O–H groups in total. The molecule has 0 aliphatic rings. The van der Waals surface area contributed by atoms with Crippen LogP contribution in [0.1, 0.15) is 247 Å². The molecule has 4 aromatic carbocycles. The van der Waals surface area contributed by atoms with Crippen LogP contribution < -0.4 is 0 Å². The van der Waals surface area contributed by atoms with Gasteiger partial charge in [-0.2, -0.15) is 0 Å². The summed E-state index contributed by atoms with van der Waals surface area (Å²) in [5.74, 6) is 1.25. The van der Waals surface area contributed by atoms with Gasteiger partial charge in [-0.3, -0.25) is 0 Å². The van der Waals surface area contributed by atoms with Crippen molar-refractivity contribution in [3.63, 3.8) is 0 Å². The van der Waals surface area contributed by atoms with Crippen molar-refractivity contribution >= 4 is 0 Å². The van der Waals surface area contributed by atoms with E-state index in [9.17, 15) is 20.4 Å². The van der Waals surface area contributed by atoms with E-state index in [1.54, 1.807) is 0 Å². The van der Waals surface area contributed by atoms with E-state index in [2.05, 4.69) is 229 Å². The molecule has 4 aromatic rings. The monoisotopic (exact) mass is 875 g/mol. The molecular formula is C60H90O4. The molecule has 354 valence electrons.